The molecule has 2 amide bonds. The van der Waals surface area contributed by atoms with Gasteiger partial charge in [0.2, 0.25) is 5.91 Å². The van der Waals surface area contributed by atoms with Crippen LogP contribution < -0.4 is 10.1 Å². The molecule has 0 saturated carbocycles. The highest BCUT2D eigenvalue weighted by Crippen LogP contribution is 2.14. The van der Waals surface area contributed by atoms with Crippen molar-refractivity contribution in [2.75, 3.05) is 13.7 Å². The Labute approximate surface area is 155 Å². The van der Waals surface area contributed by atoms with Gasteiger partial charge in [-0.2, -0.15) is 0 Å². The van der Waals surface area contributed by atoms with Gasteiger partial charge in [-0.1, -0.05) is 42.0 Å². The largest absolute Gasteiger partial charge is 0.484 e. The number of hydrogen-bond donors (Lipinski definition) is 1. The first-order valence-electron chi connectivity index (χ1n) is 8.66. The van der Waals surface area contributed by atoms with Gasteiger partial charge in [-0.3, -0.25) is 9.59 Å². The lowest BCUT2D eigenvalue weighted by Crippen LogP contribution is -2.48. The number of likely N-dealkylation sites (N-methyl/N-ethyl adjacent to an activating group) is 1. The maximum atomic E-state index is 12.8. The number of nitrogens with zero attached hydrogens (tertiary/aromatic N) is 1. The predicted molar refractivity (Wildman–Crippen MR) is 102 cm³/mol. The van der Waals surface area contributed by atoms with E-state index in [1.54, 1.807) is 18.9 Å². The van der Waals surface area contributed by atoms with E-state index in [0.29, 0.717) is 12.3 Å². The van der Waals surface area contributed by atoms with E-state index in [2.05, 4.69) is 5.32 Å². The van der Waals surface area contributed by atoms with Crippen molar-refractivity contribution < 1.29 is 14.3 Å². The van der Waals surface area contributed by atoms with Gasteiger partial charge in [-0.05, 0) is 44.0 Å². The first kappa shape index (κ1) is 19.5. The van der Waals surface area contributed by atoms with Crippen LogP contribution in [0.1, 0.15) is 23.6 Å². The van der Waals surface area contributed by atoms with Crippen LogP contribution in [0.4, 0.5) is 0 Å². The summed E-state index contributed by atoms with van der Waals surface area (Å²) in [5.74, 6) is 0.199. The first-order valence-corrected chi connectivity index (χ1v) is 8.66. The van der Waals surface area contributed by atoms with Crippen LogP contribution in [-0.4, -0.2) is 36.4 Å². The molecule has 0 bridgehead atoms. The summed E-state index contributed by atoms with van der Waals surface area (Å²) < 4.78 is 5.63. The average molecular weight is 354 g/mol. The van der Waals surface area contributed by atoms with Crippen LogP contribution >= 0.6 is 0 Å². The highest BCUT2D eigenvalue weighted by Gasteiger charge is 2.25. The van der Waals surface area contributed by atoms with Gasteiger partial charge in [-0.25, -0.2) is 0 Å². The van der Waals surface area contributed by atoms with Crippen LogP contribution in [0, 0.1) is 13.8 Å². The third-order valence-electron chi connectivity index (χ3n) is 4.24. The molecule has 0 radical (unpaired) electrons. The predicted octanol–water partition coefficient (Wildman–Crippen LogP) is 2.85. The van der Waals surface area contributed by atoms with Gasteiger partial charge >= 0.3 is 0 Å². The molecule has 5 nitrogen and oxygen atoms in total. The minimum absolute atomic E-state index is 0.114. The van der Waals surface area contributed by atoms with E-state index in [4.69, 9.17) is 4.74 Å². The summed E-state index contributed by atoms with van der Waals surface area (Å²) in [5, 5.41) is 2.60. The lowest BCUT2D eigenvalue weighted by molar-refractivity contribution is -0.142. The fraction of sp³-hybridized carbons (Fsp3) is 0.333. The van der Waals surface area contributed by atoms with Gasteiger partial charge in [0.05, 0.1) is 0 Å². The van der Waals surface area contributed by atoms with E-state index in [0.717, 1.165) is 16.7 Å². The van der Waals surface area contributed by atoms with Crippen molar-refractivity contribution in [3.63, 3.8) is 0 Å². The molecule has 1 atom stereocenters. The minimum Gasteiger partial charge on any atom is -0.484 e. The molecule has 2 aromatic carbocycles. The Balaban J connectivity index is 2.12. The molecule has 0 heterocycles. The molecule has 1 N–H and O–H groups in total. The number of amides is 2. The Hall–Kier alpha value is -2.82. The van der Waals surface area contributed by atoms with Crippen LogP contribution in [0.5, 0.6) is 5.75 Å². The number of aryl methyl sites for hydroxylation is 2. The first-order chi connectivity index (χ1) is 12.4. The van der Waals surface area contributed by atoms with Crippen molar-refractivity contribution in [2.45, 2.75) is 33.4 Å². The number of hydrogen-bond acceptors (Lipinski definition) is 3. The summed E-state index contributed by atoms with van der Waals surface area (Å²) in [4.78, 5) is 26.4. The van der Waals surface area contributed by atoms with E-state index < -0.39 is 6.04 Å². The van der Waals surface area contributed by atoms with Crippen LogP contribution in [0.15, 0.2) is 48.5 Å². The molecule has 0 aliphatic rings. The Morgan fingerprint density at radius 2 is 1.77 bits per heavy atom. The van der Waals surface area contributed by atoms with Gasteiger partial charge < -0.3 is 15.0 Å². The third kappa shape index (κ3) is 5.34. The summed E-state index contributed by atoms with van der Waals surface area (Å²) >= 11 is 0. The molecule has 138 valence electrons. The van der Waals surface area contributed by atoms with Crippen molar-refractivity contribution in [3.8, 4) is 5.75 Å². The average Bonchev–Trinajstić information content (AvgIpc) is 2.64. The van der Waals surface area contributed by atoms with Gasteiger partial charge in [0.1, 0.15) is 11.8 Å². The van der Waals surface area contributed by atoms with Crippen LogP contribution in [0.25, 0.3) is 0 Å². The standard InChI is InChI=1S/C21H26N2O3/c1-15-8-10-18(11-9-15)13-23(17(3)21(25)22-4)20(24)14-26-19-7-5-6-16(2)12-19/h5-12,17H,13-14H2,1-4H3,(H,22,25)/t17-/m1/s1. The Morgan fingerprint density at radius 3 is 2.38 bits per heavy atom. The Bertz CT molecular complexity index is 756. The third-order valence-corrected chi connectivity index (χ3v) is 4.24. The molecular weight excluding hydrogens is 328 g/mol. The molecule has 0 fully saturated rings. The SMILES string of the molecule is CNC(=O)[C@@H](C)N(Cc1ccc(C)cc1)C(=O)COc1cccc(C)c1. The maximum absolute atomic E-state index is 12.8. The highest BCUT2D eigenvalue weighted by atomic mass is 16.5. The number of rotatable bonds is 7. The molecule has 0 unspecified atom stereocenters. The zero-order valence-corrected chi connectivity index (χ0v) is 15.8. The summed E-state index contributed by atoms with van der Waals surface area (Å²) in [7, 11) is 1.57. The monoisotopic (exact) mass is 354 g/mol. The van der Waals surface area contributed by atoms with Gasteiger partial charge in [-0.15, -0.1) is 0 Å². The zero-order chi connectivity index (χ0) is 19.1. The molecule has 5 heteroatoms. The van der Waals surface area contributed by atoms with E-state index in [9.17, 15) is 9.59 Å². The van der Waals surface area contributed by atoms with Gasteiger partial charge in [0.25, 0.3) is 5.91 Å². The quantitative estimate of drug-likeness (QED) is 0.832. The van der Waals surface area contributed by atoms with Crippen molar-refractivity contribution in [1.29, 1.82) is 0 Å². The zero-order valence-electron chi connectivity index (χ0n) is 15.8. The number of carbonyl (C=O) groups excluding carboxylic acids is 2. The van der Waals surface area contributed by atoms with E-state index in [1.807, 2.05) is 62.4 Å². The number of nitrogens with one attached hydrogen (secondary N) is 1. The van der Waals surface area contributed by atoms with E-state index >= 15 is 0 Å². The fourth-order valence-electron chi connectivity index (χ4n) is 2.61. The van der Waals surface area contributed by atoms with Crippen LogP contribution in [-0.2, 0) is 16.1 Å². The topological polar surface area (TPSA) is 58.6 Å². The second-order valence-corrected chi connectivity index (χ2v) is 6.40. The summed E-state index contributed by atoms with van der Waals surface area (Å²) in [6.07, 6.45) is 0. The number of ether oxygens (including phenoxy) is 1. The summed E-state index contributed by atoms with van der Waals surface area (Å²) in [6, 6.07) is 14.9. The summed E-state index contributed by atoms with van der Waals surface area (Å²) in [5.41, 5.74) is 3.18. The number of benzene rings is 2. The second-order valence-electron chi connectivity index (χ2n) is 6.40. The fourth-order valence-corrected chi connectivity index (χ4v) is 2.61. The smallest absolute Gasteiger partial charge is 0.261 e. The highest BCUT2D eigenvalue weighted by molar-refractivity contribution is 5.87. The molecule has 0 saturated heterocycles. The lowest BCUT2D eigenvalue weighted by atomic mass is 10.1. The molecule has 2 aromatic rings. The second kappa shape index (κ2) is 9.04. The van der Waals surface area contributed by atoms with Crippen molar-refractivity contribution in [3.05, 3.63) is 65.2 Å². The molecule has 0 spiro atoms. The Kier molecular flexibility index (Phi) is 6.78. The van der Waals surface area contributed by atoms with Crippen molar-refractivity contribution >= 4 is 11.8 Å². The summed E-state index contributed by atoms with van der Waals surface area (Å²) in [6.45, 7) is 5.93. The Morgan fingerprint density at radius 1 is 1.08 bits per heavy atom. The molecule has 0 aromatic heterocycles. The van der Waals surface area contributed by atoms with Gasteiger partial charge in [0.15, 0.2) is 6.61 Å². The van der Waals surface area contributed by atoms with Crippen molar-refractivity contribution in [2.24, 2.45) is 0 Å². The van der Waals surface area contributed by atoms with Crippen LogP contribution in [0.3, 0.4) is 0 Å². The number of carbonyl (C=O) groups is 2. The van der Waals surface area contributed by atoms with E-state index in [1.165, 1.54) is 0 Å². The lowest BCUT2D eigenvalue weighted by Gasteiger charge is -2.28. The maximum Gasteiger partial charge on any atom is 0.261 e. The normalized spacial score (nSPS) is 11.5. The molecule has 2 rings (SSSR count). The van der Waals surface area contributed by atoms with Crippen molar-refractivity contribution in [1.82, 2.24) is 10.2 Å². The van der Waals surface area contributed by atoms with E-state index in [-0.39, 0.29) is 18.4 Å². The molecule has 0 aliphatic carbocycles. The molecule has 26 heavy (non-hydrogen) atoms. The molecular formula is C21H26N2O3. The molecule has 0 aliphatic heterocycles. The van der Waals surface area contributed by atoms with Crippen LogP contribution in [0.2, 0.25) is 0 Å². The van der Waals surface area contributed by atoms with Gasteiger partial charge in [0, 0.05) is 13.6 Å². The minimum atomic E-state index is -0.588.